The Labute approximate surface area is 351 Å². The molecule has 326 valence electrons. The molecule has 0 saturated carbocycles. The molecule has 2 fully saturated rings. The number of esters is 2. The first-order valence-electron chi connectivity index (χ1n) is 21.1. The molecule has 10 atom stereocenters. The van der Waals surface area contributed by atoms with Crippen molar-refractivity contribution < 1.29 is 38.1 Å². The zero-order valence-corrected chi connectivity index (χ0v) is 37.1. The summed E-state index contributed by atoms with van der Waals surface area (Å²) in [6, 6.07) is 5.85. The fourth-order valence-electron chi connectivity index (χ4n) is 8.46. The van der Waals surface area contributed by atoms with E-state index in [1.165, 1.54) is 6.92 Å². The Morgan fingerprint density at radius 2 is 1.85 bits per heavy atom. The smallest absolute Gasteiger partial charge is 0.410 e. The molecular weight excluding hydrogens is 753 g/mol. The van der Waals surface area contributed by atoms with E-state index >= 15 is 0 Å². The summed E-state index contributed by atoms with van der Waals surface area (Å²) >= 11 is 0. The van der Waals surface area contributed by atoms with Crippen LogP contribution in [0.15, 0.2) is 30.5 Å². The van der Waals surface area contributed by atoms with Gasteiger partial charge < -0.3 is 35.3 Å². The second kappa shape index (κ2) is 20.0. The number of unbranched alkanes of at least 4 members (excludes halogenated alkanes) is 1. The van der Waals surface area contributed by atoms with Gasteiger partial charge >= 0.3 is 18.0 Å². The molecule has 15 nitrogen and oxygen atoms in total. The number of hydrogen-bond acceptors (Lipinski definition) is 13. The summed E-state index contributed by atoms with van der Waals surface area (Å²) in [6.45, 7) is 20.0. The summed E-state index contributed by atoms with van der Waals surface area (Å²) in [5.41, 5.74) is 5.35. The van der Waals surface area contributed by atoms with Gasteiger partial charge in [-0.15, -0.1) is 5.10 Å². The molecule has 59 heavy (non-hydrogen) atoms. The summed E-state index contributed by atoms with van der Waals surface area (Å²) in [5, 5.41) is 15.7. The molecule has 2 aromatic rings. The lowest BCUT2D eigenvalue weighted by Crippen LogP contribution is -2.62. The van der Waals surface area contributed by atoms with Crippen molar-refractivity contribution in [1.82, 2.24) is 30.5 Å². The number of benzene rings is 1. The van der Waals surface area contributed by atoms with E-state index in [0.717, 1.165) is 5.56 Å². The van der Waals surface area contributed by atoms with Crippen molar-refractivity contribution in [3.05, 3.63) is 30.5 Å². The number of ketones is 1. The second-order valence-electron chi connectivity index (χ2n) is 18.0. The van der Waals surface area contributed by atoms with E-state index in [1.807, 2.05) is 72.0 Å². The van der Waals surface area contributed by atoms with Crippen molar-refractivity contribution in [3.8, 4) is 11.3 Å². The highest BCUT2D eigenvalue weighted by Crippen LogP contribution is 2.41. The quantitative estimate of drug-likeness (QED) is 0.0604. The number of nitrogens with two attached hydrogens (primary N) is 1. The molecule has 2 aliphatic rings. The number of Topliss-reactive ketones (excluding diaryl/α,β-unsaturated/α-hetero) is 1. The van der Waals surface area contributed by atoms with E-state index in [2.05, 4.69) is 27.9 Å². The Bertz CT molecular complexity index is 1750. The number of methoxy groups -OCH3 is 1. The van der Waals surface area contributed by atoms with E-state index in [9.17, 15) is 19.2 Å². The highest BCUT2D eigenvalue weighted by molar-refractivity contribution is 6.15. The minimum Gasteiger partial charge on any atom is -0.459 e. The number of fused-ring (bicyclic) bond motifs is 1. The topological polar surface area (TPSA) is 189 Å². The normalized spacial score (nSPS) is 30.5. The standard InChI is InChI=1S/C43H68BN7O8/c1-12-34-43(10)37(51(40(55)59-43)21-14-13-20-50-25-33(48-49-50)30-16-15-17-31(45)22-30)32(18-19-46-29(5)39(54)58-41(6,7)8)47-24-26(2)23-42(9,56-11)36(44)27(3)35(52)28(4)38(53)57-34/h15-17,22,25-29,32,34,36-37,46-47H,12-14,18-21,23-24,45H2,1-11H3/t26-,27+,28-,29-,32-,34-,36-,37-,42-,43-/m1/s1. The number of nitrogen functional groups attached to an aromatic ring is 1. The highest BCUT2D eigenvalue weighted by Gasteiger charge is 2.59. The molecule has 16 heteroatoms. The van der Waals surface area contributed by atoms with E-state index in [1.54, 1.807) is 30.5 Å². The lowest BCUT2D eigenvalue weighted by atomic mass is 9.62. The van der Waals surface area contributed by atoms with Crippen LogP contribution in [0.25, 0.3) is 11.3 Å². The van der Waals surface area contributed by atoms with Gasteiger partial charge in [-0.3, -0.25) is 24.0 Å². The Hall–Kier alpha value is -4.02. The van der Waals surface area contributed by atoms with Crippen molar-refractivity contribution in [2.75, 3.05) is 32.5 Å². The van der Waals surface area contributed by atoms with Gasteiger partial charge in [-0.05, 0) is 118 Å². The molecule has 2 aliphatic heterocycles. The largest absolute Gasteiger partial charge is 0.459 e. The number of rotatable bonds is 13. The summed E-state index contributed by atoms with van der Waals surface area (Å²) in [4.78, 5) is 56.4. The third-order valence-corrected chi connectivity index (χ3v) is 12.0. The van der Waals surface area contributed by atoms with E-state index in [0.29, 0.717) is 69.7 Å². The van der Waals surface area contributed by atoms with Crippen LogP contribution < -0.4 is 16.4 Å². The minimum absolute atomic E-state index is 0.00415. The predicted molar refractivity (Wildman–Crippen MR) is 226 cm³/mol. The molecule has 1 aromatic heterocycles. The Morgan fingerprint density at radius 1 is 1.15 bits per heavy atom. The Balaban J connectivity index is 1.66. The predicted octanol–water partition coefficient (Wildman–Crippen LogP) is 5.12. The number of aromatic nitrogens is 3. The maximum atomic E-state index is 14.1. The first kappa shape index (κ1) is 47.7. The van der Waals surface area contributed by atoms with Gasteiger partial charge in [0.2, 0.25) is 0 Å². The number of nitrogens with zero attached hydrogens (tertiary/aromatic N) is 4. The number of cyclic esters (lactones) is 1. The van der Waals surface area contributed by atoms with Gasteiger partial charge in [-0.25, -0.2) is 4.79 Å². The van der Waals surface area contributed by atoms with Crippen molar-refractivity contribution >= 4 is 37.3 Å². The van der Waals surface area contributed by atoms with Crippen molar-refractivity contribution in [2.45, 2.75) is 155 Å². The number of amides is 1. The second-order valence-corrected chi connectivity index (χ2v) is 18.0. The fraction of sp³-hybridized carbons (Fsp3) is 0.721. The SMILES string of the molecule is [B][C@@H]1[C@@H](C)C(=O)[C@@H](C)C(=O)O[C@H](CC)[C@@]2(C)OC(=O)N(CCCCn3cc(-c4cccc(N)c4)nn3)[C@@H]2[C@@H](CCN[C@H](C)C(=O)OC(C)(C)C)NC[C@H](C)C[C@@]1(C)OC. The number of anilines is 1. The van der Waals surface area contributed by atoms with Crippen molar-refractivity contribution in [2.24, 2.45) is 17.8 Å². The van der Waals surface area contributed by atoms with Crippen LogP contribution in [0.2, 0.25) is 5.82 Å². The van der Waals surface area contributed by atoms with Gasteiger partial charge in [0.15, 0.2) is 5.60 Å². The van der Waals surface area contributed by atoms with Gasteiger partial charge in [0.05, 0.1) is 25.7 Å². The summed E-state index contributed by atoms with van der Waals surface area (Å²) in [7, 11) is 8.35. The minimum atomic E-state index is -1.32. The van der Waals surface area contributed by atoms with E-state index in [4.69, 9.17) is 32.5 Å². The van der Waals surface area contributed by atoms with Gasteiger partial charge in [0.25, 0.3) is 0 Å². The third kappa shape index (κ3) is 11.8. The van der Waals surface area contributed by atoms with E-state index in [-0.39, 0.29) is 17.7 Å². The molecule has 4 rings (SSSR count). The highest BCUT2D eigenvalue weighted by atomic mass is 16.6. The fourth-order valence-corrected chi connectivity index (χ4v) is 8.46. The van der Waals surface area contributed by atoms with Gasteiger partial charge in [-0.2, -0.15) is 0 Å². The summed E-state index contributed by atoms with van der Waals surface area (Å²) in [6.07, 6.45) is 3.03. The van der Waals surface area contributed by atoms with Crippen LogP contribution in [-0.2, 0) is 39.9 Å². The van der Waals surface area contributed by atoms with Crippen LogP contribution >= 0.6 is 0 Å². The molecule has 0 aliphatic carbocycles. The van der Waals surface area contributed by atoms with Crippen LogP contribution in [0.3, 0.4) is 0 Å². The number of carbonyl (C=O) groups is 4. The number of hydrogen-bond donors (Lipinski definition) is 3. The molecule has 3 heterocycles. The van der Waals surface area contributed by atoms with Crippen LogP contribution in [0.1, 0.15) is 101 Å². The molecular formula is C43H68BN7O8. The zero-order valence-electron chi connectivity index (χ0n) is 37.1. The van der Waals surface area contributed by atoms with Gasteiger partial charge in [0, 0.05) is 43.4 Å². The number of ether oxygens (including phenoxy) is 4. The van der Waals surface area contributed by atoms with Crippen LogP contribution in [0.5, 0.6) is 0 Å². The summed E-state index contributed by atoms with van der Waals surface area (Å²) in [5.74, 6) is -3.94. The molecule has 0 bridgehead atoms. The van der Waals surface area contributed by atoms with Crippen LogP contribution in [0.4, 0.5) is 10.5 Å². The molecule has 1 aromatic carbocycles. The maximum absolute atomic E-state index is 14.1. The number of aryl methyl sites for hydroxylation is 1. The van der Waals surface area contributed by atoms with Crippen LogP contribution in [0, 0.1) is 17.8 Å². The average molecular weight is 822 g/mol. The third-order valence-electron chi connectivity index (χ3n) is 12.0. The molecule has 0 unspecified atom stereocenters. The Morgan fingerprint density at radius 3 is 2.49 bits per heavy atom. The first-order chi connectivity index (χ1) is 27.6. The molecule has 1 amide bonds. The molecule has 0 spiro atoms. The lowest BCUT2D eigenvalue weighted by Gasteiger charge is -2.42. The zero-order chi connectivity index (χ0) is 43.9. The average Bonchev–Trinajstić information content (AvgIpc) is 3.75. The molecule has 2 radical (unpaired) electrons. The number of nitrogens with one attached hydrogen (secondary N) is 2. The Kier molecular flexibility index (Phi) is 16.2. The monoisotopic (exact) mass is 822 g/mol. The molecule has 4 N–H and O–H groups in total. The van der Waals surface area contributed by atoms with Crippen molar-refractivity contribution in [3.63, 3.8) is 0 Å². The lowest BCUT2D eigenvalue weighted by molar-refractivity contribution is -0.170. The van der Waals surface area contributed by atoms with Crippen molar-refractivity contribution in [1.29, 1.82) is 0 Å². The number of carbonyl (C=O) groups excluding carboxylic acids is 4. The van der Waals surface area contributed by atoms with E-state index < -0.39 is 70.7 Å². The first-order valence-corrected chi connectivity index (χ1v) is 21.1. The summed E-state index contributed by atoms with van der Waals surface area (Å²) < 4.78 is 25.9. The maximum Gasteiger partial charge on any atom is 0.410 e. The van der Waals surface area contributed by atoms with Crippen LogP contribution in [-0.4, -0.2) is 119 Å². The molecule has 2 saturated heterocycles. The van der Waals surface area contributed by atoms with Gasteiger partial charge in [0.1, 0.15) is 35.1 Å². The van der Waals surface area contributed by atoms with Gasteiger partial charge in [-0.1, -0.05) is 38.1 Å².